The maximum atomic E-state index is 11.9. The molecule has 0 amide bonds. The number of nitrogens with zero attached hydrogens (tertiary/aromatic N) is 1. The van der Waals surface area contributed by atoms with Gasteiger partial charge in [0.2, 0.25) is 0 Å². The van der Waals surface area contributed by atoms with Crippen molar-refractivity contribution in [1.29, 1.82) is 0 Å². The van der Waals surface area contributed by atoms with Crippen LogP contribution in [0.2, 0.25) is 0 Å². The quantitative estimate of drug-likeness (QED) is 0.741. The summed E-state index contributed by atoms with van der Waals surface area (Å²) in [7, 11) is 0. The second-order valence-electron chi connectivity index (χ2n) is 4.39. The molecule has 2 rings (SSSR count). The van der Waals surface area contributed by atoms with Crippen LogP contribution in [0.15, 0.2) is 30.3 Å². The fraction of sp³-hybridized carbons (Fsp3) is 0.333. The van der Waals surface area contributed by atoms with Crippen molar-refractivity contribution in [2.75, 3.05) is 0 Å². The fourth-order valence-corrected chi connectivity index (χ4v) is 1.88. The van der Waals surface area contributed by atoms with Crippen molar-refractivity contribution >= 4 is 16.7 Å². The van der Waals surface area contributed by atoms with Gasteiger partial charge in [0.25, 0.3) is 0 Å². The molecule has 0 fully saturated rings. The highest BCUT2D eigenvalue weighted by Gasteiger charge is 2.06. The molecule has 0 spiro atoms. The van der Waals surface area contributed by atoms with Crippen LogP contribution < -0.4 is 0 Å². The van der Waals surface area contributed by atoms with Crippen LogP contribution in [0, 0.1) is 6.92 Å². The molecular weight excluding hydrogens is 210 g/mol. The Kier molecular flexibility index (Phi) is 3.52. The molecule has 2 aromatic rings. The number of unbranched alkanes of at least 4 members (excludes halogenated alkanes) is 1. The normalized spacial score (nSPS) is 10.7. The predicted molar refractivity (Wildman–Crippen MR) is 70.3 cm³/mol. The third-order valence-corrected chi connectivity index (χ3v) is 2.91. The van der Waals surface area contributed by atoms with Gasteiger partial charge >= 0.3 is 0 Å². The Morgan fingerprint density at radius 1 is 1.24 bits per heavy atom. The summed E-state index contributed by atoms with van der Waals surface area (Å²) in [5.41, 5.74) is 2.76. The van der Waals surface area contributed by atoms with Crippen LogP contribution in [-0.4, -0.2) is 10.8 Å². The van der Waals surface area contributed by atoms with Gasteiger partial charge in [0.1, 0.15) is 0 Å². The Morgan fingerprint density at radius 2 is 2.06 bits per heavy atom. The molecule has 2 nitrogen and oxygen atoms in total. The molecule has 2 heteroatoms. The SMILES string of the molecule is CCCCC(=O)c1ccc2nc(C)ccc2c1. The topological polar surface area (TPSA) is 30.0 Å². The number of hydrogen-bond donors (Lipinski definition) is 0. The third-order valence-electron chi connectivity index (χ3n) is 2.91. The van der Waals surface area contributed by atoms with E-state index in [0.29, 0.717) is 6.42 Å². The lowest BCUT2D eigenvalue weighted by Crippen LogP contribution is -1.98. The monoisotopic (exact) mass is 227 g/mol. The number of rotatable bonds is 4. The van der Waals surface area contributed by atoms with Gasteiger partial charge in [-0.15, -0.1) is 0 Å². The van der Waals surface area contributed by atoms with Gasteiger partial charge in [-0.05, 0) is 37.6 Å². The zero-order valence-corrected chi connectivity index (χ0v) is 10.4. The van der Waals surface area contributed by atoms with Crippen molar-refractivity contribution in [3.8, 4) is 0 Å². The average molecular weight is 227 g/mol. The van der Waals surface area contributed by atoms with Crippen molar-refractivity contribution in [1.82, 2.24) is 4.98 Å². The molecule has 1 aromatic heterocycles. The first-order valence-corrected chi connectivity index (χ1v) is 6.11. The van der Waals surface area contributed by atoms with Crippen LogP contribution in [0.25, 0.3) is 10.9 Å². The number of carbonyl (C=O) groups is 1. The van der Waals surface area contributed by atoms with E-state index in [1.807, 2.05) is 37.3 Å². The molecule has 0 bridgehead atoms. The van der Waals surface area contributed by atoms with Crippen molar-refractivity contribution < 1.29 is 4.79 Å². The van der Waals surface area contributed by atoms with E-state index in [-0.39, 0.29) is 5.78 Å². The number of ketones is 1. The molecule has 0 radical (unpaired) electrons. The molecule has 0 atom stereocenters. The zero-order chi connectivity index (χ0) is 12.3. The van der Waals surface area contributed by atoms with Gasteiger partial charge in [-0.1, -0.05) is 19.4 Å². The van der Waals surface area contributed by atoms with Gasteiger partial charge in [0, 0.05) is 23.1 Å². The molecule has 0 aliphatic carbocycles. The number of Topliss-reactive ketones (excluding diaryl/α,β-unsaturated/α-hetero) is 1. The van der Waals surface area contributed by atoms with E-state index in [0.717, 1.165) is 35.0 Å². The van der Waals surface area contributed by atoms with Gasteiger partial charge in [0.05, 0.1) is 5.52 Å². The lowest BCUT2D eigenvalue weighted by Gasteiger charge is -2.03. The van der Waals surface area contributed by atoms with Crippen LogP contribution in [-0.2, 0) is 0 Å². The van der Waals surface area contributed by atoms with E-state index < -0.39 is 0 Å². The highest BCUT2D eigenvalue weighted by atomic mass is 16.1. The standard InChI is InChI=1S/C15H17NO/c1-3-4-5-15(17)13-8-9-14-12(10-13)7-6-11(2)16-14/h6-10H,3-5H2,1-2H3. The fourth-order valence-electron chi connectivity index (χ4n) is 1.88. The van der Waals surface area contributed by atoms with Gasteiger partial charge in [-0.3, -0.25) is 9.78 Å². The molecule has 1 heterocycles. The molecular formula is C15H17NO. The number of aryl methyl sites for hydroxylation is 1. The van der Waals surface area contributed by atoms with Crippen LogP contribution in [0.4, 0.5) is 0 Å². The number of pyridine rings is 1. The number of hydrogen-bond acceptors (Lipinski definition) is 2. The summed E-state index contributed by atoms with van der Waals surface area (Å²) in [6, 6.07) is 9.75. The van der Waals surface area contributed by atoms with Crippen molar-refractivity contribution in [2.24, 2.45) is 0 Å². The van der Waals surface area contributed by atoms with Gasteiger partial charge < -0.3 is 0 Å². The molecule has 1 aromatic carbocycles. The highest BCUT2D eigenvalue weighted by Crippen LogP contribution is 2.16. The van der Waals surface area contributed by atoms with E-state index in [1.165, 1.54) is 0 Å². The summed E-state index contributed by atoms with van der Waals surface area (Å²) in [5, 5.41) is 1.04. The molecule has 0 unspecified atom stereocenters. The Morgan fingerprint density at radius 3 is 2.82 bits per heavy atom. The first-order valence-electron chi connectivity index (χ1n) is 6.11. The highest BCUT2D eigenvalue weighted by molar-refractivity contribution is 5.99. The smallest absolute Gasteiger partial charge is 0.162 e. The summed E-state index contributed by atoms with van der Waals surface area (Å²) in [6.07, 6.45) is 2.66. The minimum Gasteiger partial charge on any atom is -0.294 e. The number of benzene rings is 1. The van der Waals surface area contributed by atoms with Crippen LogP contribution >= 0.6 is 0 Å². The maximum absolute atomic E-state index is 11.9. The Balaban J connectivity index is 2.31. The second-order valence-corrected chi connectivity index (χ2v) is 4.39. The number of fused-ring (bicyclic) bond motifs is 1. The zero-order valence-electron chi connectivity index (χ0n) is 10.4. The van der Waals surface area contributed by atoms with E-state index in [1.54, 1.807) is 0 Å². The molecule has 0 saturated carbocycles. The van der Waals surface area contributed by atoms with Gasteiger partial charge in [0.15, 0.2) is 5.78 Å². The summed E-state index contributed by atoms with van der Waals surface area (Å²) in [6.45, 7) is 4.07. The summed E-state index contributed by atoms with van der Waals surface area (Å²) in [5.74, 6) is 0.231. The average Bonchev–Trinajstić information content (AvgIpc) is 2.35. The first-order chi connectivity index (χ1) is 8.20. The van der Waals surface area contributed by atoms with E-state index >= 15 is 0 Å². The van der Waals surface area contributed by atoms with Crippen molar-refractivity contribution in [2.45, 2.75) is 33.1 Å². The van der Waals surface area contributed by atoms with Crippen molar-refractivity contribution in [3.63, 3.8) is 0 Å². The lowest BCUT2D eigenvalue weighted by atomic mass is 10.0. The minimum atomic E-state index is 0.231. The molecule has 0 aliphatic rings. The molecule has 88 valence electrons. The van der Waals surface area contributed by atoms with E-state index in [4.69, 9.17) is 0 Å². The van der Waals surface area contributed by atoms with Gasteiger partial charge in [-0.25, -0.2) is 0 Å². The summed E-state index contributed by atoms with van der Waals surface area (Å²) >= 11 is 0. The lowest BCUT2D eigenvalue weighted by molar-refractivity contribution is 0.0980. The molecule has 0 saturated heterocycles. The Labute approximate surface area is 102 Å². The molecule has 17 heavy (non-hydrogen) atoms. The van der Waals surface area contributed by atoms with Crippen molar-refractivity contribution in [3.05, 3.63) is 41.6 Å². The number of aromatic nitrogens is 1. The number of carbonyl (C=O) groups excluding carboxylic acids is 1. The second kappa shape index (κ2) is 5.09. The van der Waals surface area contributed by atoms with Gasteiger partial charge in [-0.2, -0.15) is 0 Å². The van der Waals surface area contributed by atoms with E-state index in [2.05, 4.69) is 11.9 Å². The van der Waals surface area contributed by atoms with Crippen LogP contribution in [0.5, 0.6) is 0 Å². The Hall–Kier alpha value is -1.70. The maximum Gasteiger partial charge on any atom is 0.162 e. The third kappa shape index (κ3) is 2.70. The predicted octanol–water partition coefficient (Wildman–Crippen LogP) is 3.92. The largest absolute Gasteiger partial charge is 0.294 e. The minimum absolute atomic E-state index is 0.231. The van der Waals surface area contributed by atoms with Crippen LogP contribution in [0.1, 0.15) is 42.2 Å². The van der Waals surface area contributed by atoms with E-state index in [9.17, 15) is 4.79 Å². The summed E-state index contributed by atoms with van der Waals surface area (Å²) in [4.78, 5) is 16.3. The molecule has 0 N–H and O–H groups in total. The Bertz CT molecular complexity index is 546. The first kappa shape index (κ1) is 11.8. The van der Waals surface area contributed by atoms with Crippen LogP contribution in [0.3, 0.4) is 0 Å². The summed E-state index contributed by atoms with van der Waals surface area (Å²) < 4.78 is 0. The molecule has 0 aliphatic heterocycles.